The number of amides is 1. The Bertz CT molecular complexity index is 447. The van der Waals surface area contributed by atoms with Crippen molar-refractivity contribution in [3.63, 3.8) is 0 Å². The van der Waals surface area contributed by atoms with Gasteiger partial charge in [0, 0.05) is 6.54 Å². The number of nitrogens with one attached hydrogen (secondary N) is 1. The van der Waals surface area contributed by atoms with Gasteiger partial charge in [0.2, 0.25) is 0 Å². The molecule has 0 bridgehead atoms. The molecule has 0 radical (unpaired) electrons. The molecule has 0 aromatic heterocycles. The average molecular weight is 362 g/mol. The van der Waals surface area contributed by atoms with Gasteiger partial charge >= 0.3 is 6.09 Å². The molecule has 1 rings (SSSR count). The fourth-order valence-corrected chi connectivity index (χ4v) is 3.18. The molecule has 26 heavy (non-hydrogen) atoms. The van der Waals surface area contributed by atoms with Crippen LogP contribution < -0.4 is 5.32 Å². The van der Waals surface area contributed by atoms with Crippen LogP contribution in [-0.2, 0) is 11.3 Å². The molecule has 0 aliphatic carbocycles. The zero-order chi connectivity index (χ0) is 18.9. The molecule has 0 saturated carbocycles. The smallest absolute Gasteiger partial charge is 0.407 e. The SMILES string of the molecule is CCCCCCCCCC(CCCCC)OC(=O)NCc1ccccc1. The Morgan fingerprint density at radius 3 is 2.04 bits per heavy atom. The second-order valence-corrected chi connectivity index (χ2v) is 7.27. The Morgan fingerprint density at radius 2 is 1.38 bits per heavy atom. The van der Waals surface area contributed by atoms with Crippen LogP contribution in [0.4, 0.5) is 4.79 Å². The second kappa shape index (κ2) is 15.7. The van der Waals surface area contributed by atoms with Crippen LogP contribution in [0.5, 0.6) is 0 Å². The first kappa shape index (κ1) is 22.5. The van der Waals surface area contributed by atoms with Gasteiger partial charge in [-0.05, 0) is 31.2 Å². The number of alkyl carbamates (subject to hydrolysis) is 1. The topological polar surface area (TPSA) is 38.3 Å². The lowest BCUT2D eigenvalue weighted by Gasteiger charge is -2.18. The molecular formula is C23H39NO2. The number of carbonyl (C=O) groups excluding carboxylic acids is 1. The summed E-state index contributed by atoms with van der Waals surface area (Å²) in [5, 5.41) is 2.88. The number of benzene rings is 1. The lowest BCUT2D eigenvalue weighted by Crippen LogP contribution is -2.28. The van der Waals surface area contributed by atoms with E-state index in [0.29, 0.717) is 6.54 Å². The van der Waals surface area contributed by atoms with Crippen molar-refractivity contribution in [1.29, 1.82) is 0 Å². The van der Waals surface area contributed by atoms with Crippen LogP contribution in [0, 0.1) is 0 Å². The molecule has 0 spiro atoms. The van der Waals surface area contributed by atoms with Crippen molar-refractivity contribution in [1.82, 2.24) is 5.32 Å². The molecule has 1 aromatic carbocycles. The molecule has 1 atom stereocenters. The van der Waals surface area contributed by atoms with E-state index in [-0.39, 0.29) is 12.2 Å². The molecule has 0 fully saturated rings. The maximum atomic E-state index is 12.1. The summed E-state index contributed by atoms with van der Waals surface area (Å²) in [6.07, 6.45) is 14.4. The van der Waals surface area contributed by atoms with E-state index >= 15 is 0 Å². The first-order chi connectivity index (χ1) is 12.8. The minimum Gasteiger partial charge on any atom is -0.446 e. The monoisotopic (exact) mass is 361 g/mol. The fraction of sp³-hybridized carbons (Fsp3) is 0.696. The predicted octanol–water partition coefficient (Wildman–Crippen LogP) is 7.00. The van der Waals surface area contributed by atoms with E-state index in [4.69, 9.17) is 4.74 Å². The molecule has 3 heteroatoms. The van der Waals surface area contributed by atoms with Crippen molar-refractivity contribution >= 4 is 6.09 Å². The highest BCUT2D eigenvalue weighted by molar-refractivity contribution is 5.67. The van der Waals surface area contributed by atoms with Crippen LogP contribution in [0.25, 0.3) is 0 Å². The van der Waals surface area contributed by atoms with Crippen LogP contribution in [0.2, 0.25) is 0 Å². The van der Waals surface area contributed by atoms with Gasteiger partial charge in [-0.15, -0.1) is 0 Å². The van der Waals surface area contributed by atoms with Gasteiger partial charge in [-0.2, -0.15) is 0 Å². The lowest BCUT2D eigenvalue weighted by molar-refractivity contribution is 0.0838. The standard InChI is InChI=1S/C23H39NO2/c1-3-5-7-8-9-10-15-19-22(18-12-6-4-2)26-23(25)24-20-21-16-13-11-14-17-21/h11,13-14,16-17,22H,3-10,12,15,18-20H2,1-2H3,(H,24,25). The summed E-state index contributed by atoms with van der Waals surface area (Å²) in [7, 11) is 0. The predicted molar refractivity (Wildman–Crippen MR) is 110 cm³/mol. The molecule has 3 nitrogen and oxygen atoms in total. The molecule has 148 valence electrons. The van der Waals surface area contributed by atoms with Gasteiger partial charge in [0.05, 0.1) is 0 Å². The van der Waals surface area contributed by atoms with E-state index in [0.717, 1.165) is 31.2 Å². The maximum absolute atomic E-state index is 12.1. The van der Waals surface area contributed by atoms with Crippen molar-refractivity contribution < 1.29 is 9.53 Å². The van der Waals surface area contributed by atoms with Crippen molar-refractivity contribution in [2.45, 2.75) is 104 Å². The summed E-state index contributed by atoms with van der Waals surface area (Å²) in [4.78, 5) is 12.1. The molecule has 0 aliphatic rings. The number of hydrogen-bond donors (Lipinski definition) is 1. The molecule has 0 heterocycles. The summed E-state index contributed by atoms with van der Waals surface area (Å²) in [5.41, 5.74) is 1.10. The van der Waals surface area contributed by atoms with Gasteiger partial charge in [0.1, 0.15) is 6.10 Å². The molecule has 0 aliphatic heterocycles. The zero-order valence-electron chi connectivity index (χ0n) is 17.0. The highest BCUT2D eigenvalue weighted by atomic mass is 16.6. The van der Waals surface area contributed by atoms with Crippen LogP contribution in [0.1, 0.15) is 96.5 Å². The van der Waals surface area contributed by atoms with E-state index in [1.165, 1.54) is 51.4 Å². The highest BCUT2D eigenvalue weighted by Gasteiger charge is 2.14. The molecule has 1 amide bonds. The minimum atomic E-state index is -0.279. The summed E-state index contributed by atoms with van der Waals surface area (Å²) in [6, 6.07) is 9.97. The minimum absolute atomic E-state index is 0.0629. The summed E-state index contributed by atoms with van der Waals surface area (Å²) >= 11 is 0. The zero-order valence-corrected chi connectivity index (χ0v) is 17.0. The van der Waals surface area contributed by atoms with Crippen molar-refractivity contribution in [3.8, 4) is 0 Å². The molecule has 1 N–H and O–H groups in total. The van der Waals surface area contributed by atoms with Crippen molar-refractivity contribution in [2.75, 3.05) is 0 Å². The van der Waals surface area contributed by atoms with Crippen LogP contribution in [-0.4, -0.2) is 12.2 Å². The molecule has 1 unspecified atom stereocenters. The number of carbonyl (C=O) groups is 1. The van der Waals surface area contributed by atoms with Crippen molar-refractivity contribution in [2.24, 2.45) is 0 Å². The first-order valence-electron chi connectivity index (χ1n) is 10.7. The quantitative estimate of drug-likeness (QED) is 0.341. The highest BCUT2D eigenvalue weighted by Crippen LogP contribution is 2.16. The normalized spacial score (nSPS) is 11.9. The summed E-state index contributed by atoms with van der Waals surface area (Å²) in [6.45, 7) is 4.98. The molecule has 1 aromatic rings. The Hall–Kier alpha value is -1.51. The fourth-order valence-electron chi connectivity index (χ4n) is 3.18. The van der Waals surface area contributed by atoms with Gasteiger partial charge in [-0.1, -0.05) is 95.5 Å². The Morgan fingerprint density at radius 1 is 0.846 bits per heavy atom. The van der Waals surface area contributed by atoms with Gasteiger partial charge in [0.25, 0.3) is 0 Å². The number of ether oxygens (including phenoxy) is 1. The van der Waals surface area contributed by atoms with Gasteiger partial charge in [-0.25, -0.2) is 4.79 Å². The Balaban J connectivity index is 2.26. The van der Waals surface area contributed by atoms with E-state index in [1.807, 2.05) is 30.3 Å². The van der Waals surface area contributed by atoms with E-state index in [9.17, 15) is 4.79 Å². The number of rotatable bonds is 15. The molecule has 0 saturated heterocycles. The van der Waals surface area contributed by atoms with E-state index in [1.54, 1.807) is 0 Å². The Kier molecular flexibility index (Phi) is 13.6. The Labute approximate surface area is 160 Å². The summed E-state index contributed by atoms with van der Waals surface area (Å²) < 4.78 is 5.71. The van der Waals surface area contributed by atoms with Crippen molar-refractivity contribution in [3.05, 3.63) is 35.9 Å². The van der Waals surface area contributed by atoms with Gasteiger partial charge in [0.15, 0.2) is 0 Å². The van der Waals surface area contributed by atoms with E-state index in [2.05, 4.69) is 19.2 Å². The third-order valence-electron chi connectivity index (χ3n) is 4.81. The third-order valence-corrected chi connectivity index (χ3v) is 4.81. The summed E-state index contributed by atoms with van der Waals surface area (Å²) in [5.74, 6) is 0. The molecular weight excluding hydrogens is 322 g/mol. The average Bonchev–Trinajstić information content (AvgIpc) is 2.66. The van der Waals surface area contributed by atoms with Crippen LogP contribution >= 0.6 is 0 Å². The third kappa shape index (κ3) is 11.9. The first-order valence-corrected chi connectivity index (χ1v) is 10.7. The number of hydrogen-bond acceptors (Lipinski definition) is 2. The largest absolute Gasteiger partial charge is 0.446 e. The van der Waals surface area contributed by atoms with Gasteiger partial charge in [-0.3, -0.25) is 0 Å². The van der Waals surface area contributed by atoms with Crippen LogP contribution in [0.15, 0.2) is 30.3 Å². The van der Waals surface area contributed by atoms with E-state index < -0.39 is 0 Å². The lowest BCUT2D eigenvalue weighted by atomic mass is 10.0. The van der Waals surface area contributed by atoms with Crippen LogP contribution in [0.3, 0.4) is 0 Å². The number of unbranched alkanes of at least 4 members (excludes halogenated alkanes) is 8. The van der Waals surface area contributed by atoms with Gasteiger partial charge < -0.3 is 10.1 Å². The second-order valence-electron chi connectivity index (χ2n) is 7.27. The maximum Gasteiger partial charge on any atom is 0.407 e.